The summed E-state index contributed by atoms with van der Waals surface area (Å²) >= 11 is 0. The van der Waals surface area contributed by atoms with E-state index in [2.05, 4.69) is 22.1 Å². The maximum absolute atomic E-state index is 12.6. The third-order valence-corrected chi connectivity index (χ3v) is 4.49. The summed E-state index contributed by atoms with van der Waals surface area (Å²) in [6, 6.07) is 0.252. The lowest BCUT2D eigenvalue weighted by molar-refractivity contribution is 0.0639. The Balaban J connectivity index is 1.74. The number of likely N-dealkylation sites (tertiary alicyclic amines) is 1. The van der Waals surface area contributed by atoms with Gasteiger partial charge < -0.3 is 15.5 Å². The number of aromatic nitrogens is 2. The number of hydrogen-bond acceptors (Lipinski definition) is 4. The highest BCUT2D eigenvalue weighted by atomic mass is 16.2. The normalized spacial score (nSPS) is 23.8. The van der Waals surface area contributed by atoms with Crippen molar-refractivity contribution in [1.82, 2.24) is 20.0 Å². The van der Waals surface area contributed by atoms with Crippen molar-refractivity contribution in [2.75, 3.05) is 32.9 Å². The molecule has 0 spiro atoms. The largest absolute Gasteiger partial charge is 0.395 e. The summed E-state index contributed by atoms with van der Waals surface area (Å²) in [7, 11) is 3.95. The van der Waals surface area contributed by atoms with Crippen molar-refractivity contribution < 1.29 is 4.79 Å². The Morgan fingerprint density at radius 3 is 2.85 bits per heavy atom. The molecular weight excluding hydrogens is 254 g/mol. The third-order valence-electron chi connectivity index (χ3n) is 4.49. The predicted molar refractivity (Wildman–Crippen MR) is 77.6 cm³/mol. The number of rotatable bonds is 3. The number of nitrogens with one attached hydrogen (secondary N) is 1. The number of carbonyl (C=O) groups excluding carboxylic acids is 1. The summed E-state index contributed by atoms with van der Waals surface area (Å²) in [5.41, 5.74) is 7.98. The minimum absolute atomic E-state index is 0.0639. The van der Waals surface area contributed by atoms with Gasteiger partial charge in [0.05, 0.1) is 11.4 Å². The molecule has 1 aliphatic heterocycles. The molecule has 1 aromatic rings. The molecule has 0 aromatic carbocycles. The number of H-pyrrole nitrogens is 1. The summed E-state index contributed by atoms with van der Waals surface area (Å²) in [5.74, 6) is 0.418. The van der Waals surface area contributed by atoms with Crippen molar-refractivity contribution in [3.05, 3.63) is 11.4 Å². The van der Waals surface area contributed by atoms with Gasteiger partial charge in [-0.2, -0.15) is 5.10 Å². The van der Waals surface area contributed by atoms with Crippen LogP contribution in [0.5, 0.6) is 0 Å². The Labute approximate surface area is 119 Å². The van der Waals surface area contributed by atoms with E-state index in [4.69, 9.17) is 5.73 Å². The van der Waals surface area contributed by atoms with Gasteiger partial charge in [0.25, 0.3) is 5.91 Å². The number of likely N-dealkylation sites (N-methyl/N-ethyl adjacent to an activating group) is 2. The number of nitrogens with two attached hydrogens (primary N) is 1. The van der Waals surface area contributed by atoms with Gasteiger partial charge in [-0.15, -0.1) is 0 Å². The SMILES string of the molecule is CN1CCCC(N(C)C(=O)c2n[nH]c(C3CC3)c2N)C1. The molecule has 3 N–H and O–H groups in total. The summed E-state index contributed by atoms with van der Waals surface area (Å²) in [4.78, 5) is 16.6. The zero-order chi connectivity index (χ0) is 14.3. The van der Waals surface area contributed by atoms with E-state index in [1.807, 2.05) is 7.05 Å². The number of piperidine rings is 1. The number of aromatic amines is 1. The van der Waals surface area contributed by atoms with E-state index >= 15 is 0 Å². The van der Waals surface area contributed by atoms with Crippen molar-refractivity contribution in [1.29, 1.82) is 0 Å². The fourth-order valence-corrected chi connectivity index (χ4v) is 3.00. The van der Waals surface area contributed by atoms with Gasteiger partial charge in [0.15, 0.2) is 5.69 Å². The van der Waals surface area contributed by atoms with E-state index in [1.165, 1.54) is 0 Å². The van der Waals surface area contributed by atoms with Crippen LogP contribution in [-0.4, -0.2) is 59.1 Å². The van der Waals surface area contributed by atoms with Crippen molar-refractivity contribution in [2.24, 2.45) is 0 Å². The van der Waals surface area contributed by atoms with Crippen molar-refractivity contribution in [2.45, 2.75) is 37.6 Å². The van der Waals surface area contributed by atoms with Crippen LogP contribution < -0.4 is 5.73 Å². The van der Waals surface area contributed by atoms with Crippen LogP contribution in [0.1, 0.15) is 47.8 Å². The Morgan fingerprint density at radius 2 is 2.20 bits per heavy atom. The molecular formula is C14H23N5O. The molecule has 0 bridgehead atoms. The van der Waals surface area contributed by atoms with Crippen molar-refractivity contribution >= 4 is 11.6 Å². The number of amides is 1. The number of hydrogen-bond donors (Lipinski definition) is 2. The summed E-state index contributed by atoms with van der Waals surface area (Å²) in [5, 5.41) is 7.11. The van der Waals surface area contributed by atoms with Gasteiger partial charge >= 0.3 is 0 Å². The maximum atomic E-state index is 12.6. The Bertz CT molecular complexity index is 508. The highest BCUT2D eigenvalue weighted by Crippen LogP contribution is 2.42. The second kappa shape index (κ2) is 5.09. The first-order chi connectivity index (χ1) is 9.58. The first-order valence-electron chi connectivity index (χ1n) is 7.37. The molecule has 1 aromatic heterocycles. The maximum Gasteiger partial charge on any atom is 0.276 e. The summed E-state index contributed by atoms with van der Waals surface area (Å²) in [6.07, 6.45) is 4.46. The quantitative estimate of drug-likeness (QED) is 0.865. The van der Waals surface area contributed by atoms with Crippen LogP contribution >= 0.6 is 0 Å². The van der Waals surface area contributed by atoms with Gasteiger partial charge in [-0.3, -0.25) is 9.89 Å². The van der Waals surface area contributed by atoms with Crippen LogP contribution in [-0.2, 0) is 0 Å². The van der Waals surface area contributed by atoms with Crippen LogP contribution in [0, 0.1) is 0 Å². The van der Waals surface area contributed by atoms with Crippen molar-refractivity contribution in [3.8, 4) is 0 Å². The van der Waals surface area contributed by atoms with Gasteiger partial charge in [-0.1, -0.05) is 0 Å². The lowest BCUT2D eigenvalue weighted by Crippen LogP contribution is -2.47. The van der Waals surface area contributed by atoms with E-state index in [0.717, 1.165) is 44.5 Å². The van der Waals surface area contributed by atoms with Crippen LogP contribution in [0.3, 0.4) is 0 Å². The Hall–Kier alpha value is -1.56. The number of anilines is 1. The third kappa shape index (κ3) is 2.40. The highest BCUT2D eigenvalue weighted by molar-refractivity contribution is 5.97. The molecule has 3 rings (SSSR count). The first kappa shape index (κ1) is 13.4. The molecule has 20 heavy (non-hydrogen) atoms. The average Bonchev–Trinajstić information content (AvgIpc) is 3.20. The molecule has 1 amide bonds. The second-order valence-corrected chi connectivity index (χ2v) is 6.15. The molecule has 110 valence electrons. The van der Waals surface area contributed by atoms with Crippen LogP contribution in [0.25, 0.3) is 0 Å². The topological polar surface area (TPSA) is 78.2 Å². The molecule has 6 heteroatoms. The lowest BCUT2D eigenvalue weighted by Gasteiger charge is -2.35. The lowest BCUT2D eigenvalue weighted by atomic mass is 10.0. The highest BCUT2D eigenvalue weighted by Gasteiger charge is 2.32. The van der Waals surface area contributed by atoms with Gasteiger partial charge in [-0.05, 0) is 39.3 Å². The van der Waals surface area contributed by atoms with E-state index in [-0.39, 0.29) is 11.9 Å². The van der Waals surface area contributed by atoms with Gasteiger partial charge in [0.2, 0.25) is 0 Å². The molecule has 1 aliphatic carbocycles. The first-order valence-corrected chi connectivity index (χ1v) is 7.37. The van der Waals surface area contributed by atoms with Crippen molar-refractivity contribution in [3.63, 3.8) is 0 Å². The van der Waals surface area contributed by atoms with Gasteiger partial charge in [-0.25, -0.2) is 0 Å². The van der Waals surface area contributed by atoms with Gasteiger partial charge in [0.1, 0.15) is 0 Å². The molecule has 2 aliphatic rings. The number of carbonyl (C=O) groups is 1. The number of nitrogen functional groups attached to an aromatic ring is 1. The zero-order valence-electron chi connectivity index (χ0n) is 12.2. The monoisotopic (exact) mass is 277 g/mol. The van der Waals surface area contributed by atoms with E-state index < -0.39 is 0 Å². The minimum atomic E-state index is -0.0639. The molecule has 6 nitrogen and oxygen atoms in total. The Kier molecular flexibility index (Phi) is 3.41. The van der Waals surface area contributed by atoms with E-state index in [9.17, 15) is 4.79 Å². The number of nitrogens with zero attached hydrogens (tertiary/aromatic N) is 3. The van der Waals surface area contributed by atoms with Crippen LogP contribution in [0.15, 0.2) is 0 Å². The zero-order valence-corrected chi connectivity index (χ0v) is 12.2. The molecule has 1 saturated heterocycles. The van der Waals surface area contributed by atoms with Crippen LogP contribution in [0.2, 0.25) is 0 Å². The summed E-state index contributed by atoms with van der Waals surface area (Å²) < 4.78 is 0. The fourth-order valence-electron chi connectivity index (χ4n) is 3.00. The second-order valence-electron chi connectivity index (χ2n) is 6.15. The fraction of sp³-hybridized carbons (Fsp3) is 0.714. The van der Waals surface area contributed by atoms with Gasteiger partial charge in [0, 0.05) is 25.6 Å². The van der Waals surface area contributed by atoms with E-state index in [1.54, 1.807) is 4.90 Å². The molecule has 2 fully saturated rings. The smallest absolute Gasteiger partial charge is 0.276 e. The molecule has 1 unspecified atom stereocenters. The molecule has 1 atom stereocenters. The molecule has 2 heterocycles. The Morgan fingerprint density at radius 1 is 1.45 bits per heavy atom. The minimum Gasteiger partial charge on any atom is -0.395 e. The molecule has 1 saturated carbocycles. The molecule has 0 radical (unpaired) electrons. The standard InChI is InChI=1S/C14H23N5O/c1-18-7-3-4-10(8-18)19(2)14(20)13-11(15)12(16-17-13)9-5-6-9/h9-10H,3-8,15H2,1-2H3,(H,16,17). The summed E-state index contributed by atoms with van der Waals surface area (Å²) in [6.45, 7) is 2.02. The average molecular weight is 277 g/mol. The van der Waals surface area contributed by atoms with Crippen LogP contribution in [0.4, 0.5) is 5.69 Å². The van der Waals surface area contributed by atoms with E-state index in [0.29, 0.717) is 17.3 Å². The predicted octanol–water partition coefficient (Wildman–Crippen LogP) is 1.04.